The van der Waals surface area contributed by atoms with Crippen molar-refractivity contribution in [2.45, 2.75) is 38.7 Å². The minimum Gasteiger partial charge on any atom is -0.393 e. The van der Waals surface area contributed by atoms with E-state index in [1.54, 1.807) is 0 Å². The molecule has 3 heteroatoms. The van der Waals surface area contributed by atoms with Crippen molar-refractivity contribution in [1.29, 1.82) is 0 Å². The Balaban J connectivity index is 1.97. The van der Waals surface area contributed by atoms with Gasteiger partial charge in [-0.25, -0.2) is 0 Å². The zero-order chi connectivity index (χ0) is 8.97. The lowest BCUT2D eigenvalue weighted by atomic mass is 10.2. The van der Waals surface area contributed by atoms with Gasteiger partial charge in [0.1, 0.15) is 0 Å². The summed E-state index contributed by atoms with van der Waals surface area (Å²) in [4.78, 5) is 11.1. The van der Waals surface area contributed by atoms with Gasteiger partial charge >= 0.3 is 0 Å². The number of carbonyl (C=O) groups is 1. The predicted octanol–water partition coefficient (Wildman–Crippen LogP) is 0.674. The van der Waals surface area contributed by atoms with Gasteiger partial charge in [-0.1, -0.05) is 6.92 Å². The van der Waals surface area contributed by atoms with Crippen molar-refractivity contribution in [3.63, 3.8) is 0 Å². The Kier molecular flexibility index (Phi) is 3.53. The van der Waals surface area contributed by atoms with E-state index in [2.05, 4.69) is 5.32 Å². The summed E-state index contributed by atoms with van der Waals surface area (Å²) in [7, 11) is 0. The Morgan fingerprint density at radius 3 is 2.83 bits per heavy atom. The molecule has 0 spiro atoms. The molecule has 0 aromatic rings. The van der Waals surface area contributed by atoms with Crippen molar-refractivity contribution in [3.05, 3.63) is 0 Å². The van der Waals surface area contributed by atoms with Crippen molar-refractivity contribution in [1.82, 2.24) is 5.32 Å². The topological polar surface area (TPSA) is 49.3 Å². The zero-order valence-corrected chi connectivity index (χ0v) is 7.55. The lowest BCUT2D eigenvalue weighted by molar-refractivity contribution is -0.122. The maximum atomic E-state index is 11.1. The van der Waals surface area contributed by atoms with Crippen LogP contribution in [0.5, 0.6) is 0 Å². The molecule has 0 aromatic carbocycles. The fraction of sp³-hybridized carbons (Fsp3) is 0.889. The summed E-state index contributed by atoms with van der Waals surface area (Å²) < 4.78 is 0. The highest BCUT2D eigenvalue weighted by molar-refractivity contribution is 5.80. The minimum absolute atomic E-state index is 0.165. The smallest absolute Gasteiger partial charge is 0.223 e. The van der Waals surface area contributed by atoms with Crippen LogP contribution in [0, 0.1) is 5.92 Å². The summed E-state index contributed by atoms with van der Waals surface area (Å²) in [6.45, 7) is 2.55. The number of hydrogen-bond donors (Lipinski definition) is 2. The second kappa shape index (κ2) is 4.45. The van der Waals surface area contributed by atoms with Gasteiger partial charge in [0.05, 0.1) is 6.10 Å². The first-order valence-corrected chi connectivity index (χ1v) is 4.69. The Hall–Kier alpha value is -0.570. The fourth-order valence-corrected chi connectivity index (χ4v) is 1.06. The van der Waals surface area contributed by atoms with Gasteiger partial charge in [0.2, 0.25) is 5.91 Å². The van der Waals surface area contributed by atoms with E-state index in [-0.39, 0.29) is 17.9 Å². The standard InChI is InChI=1S/C9H17NO2/c1-2-8(11)5-6-10-9(12)7-3-4-7/h7-8,11H,2-6H2,1H3,(H,10,12). The fourth-order valence-electron chi connectivity index (χ4n) is 1.06. The monoisotopic (exact) mass is 171 g/mol. The Morgan fingerprint density at radius 1 is 1.67 bits per heavy atom. The lowest BCUT2D eigenvalue weighted by Gasteiger charge is -2.07. The molecule has 0 heterocycles. The van der Waals surface area contributed by atoms with Gasteiger partial charge in [0.15, 0.2) is 0 Å². The Bertz CT molecular complexity index is 155. The van der Waals surface area contributed by atoms with Crippen LogP contribution >= 0.6 is 0 Å². The van der Waals surface area contributed by atoms with Crippen LogP contribution in [-0.2, 0) is 4.79 Å². The Morgan fingerprint density at radius 2 is 2.33 bits per heavy atom. The van der Waals surface area contributed by atoms with E-state index >= 15 is 0 Å². The van der Waals surface area contributed by atoms with Crippen LogP contribution in [0.4, 0.5) is 0 Å². The van der Waals surface area contributed by atoms with Crippen molar-refractivity contribution < 1.29 is 9.90 Å². The molecule has 1 aliphatic carbocycles. The van der Waals surface area contributed by atoms with Crippen LogP contribution in [-0.4, -0.2) is 23.7 Å². The molecule has 1 fully saturated rings. The first-order chi connectivity index (χ1) is 5.74. The summed E-state index contributed by atoms with van der Waals surface area (Å²) in [5.41, 5.74) is 0. The number of aliphatic hydroxyl groups excluding tert-OH is 1. The van der Waals surface area contributed by atoms with E-state index in [4.69, 9.17) is 0 Å². The van der Waals surface area contributed by atoms with Crippen LogP contribution in [0.1, 0.15) is 32.6 Å². The molecule has 1 saturated carbocycles. The molecule has 1 amide bonds. The zero-order valence-electron chi connectivity index (χ0n) is 7.55. The summed E-state index contributed by atoms with van der Waals surface area (Å²) in [5.74, 6) is 0.446. The predicted molar refractivity (Wildman–Crippen MR) is 46.6 cm³/mol. The number of hydrogen-bond acceptors (Lipinski definition) is 2. The third-order valence-corrected chi connectivity index (χ3v) is 2.20. The maximum Gasteiger partial charge on any atom is 0.223 e. The van der Waals surface area contributed by atoms with Crippen molar-refractivity contribution in [2.75, 3.05) is 6.54 Å². The second-order valence-electron chi connectivity index (χ2n) is 3.42. The van der Waals surface area contributed by atoms with Crippen molar-refractivity contribution >= 4 is 5.91 Å². The first kappa shape index (κ1) is 9.52. The largest absolute Gasteiger partial charge is 0.393 e. The number of aliphatic hydroxyl groups is 1. The van der Waals surface area contributed by atoms with E-state index in [0.717, 1.165) is 19.3 Å². The van der Waals surface area contributed by atoms with E-state index in [1.165, 1.54) is 0 Å². The summed E-state index contributed by atoms with van der Waals surface area (Å²) in [6, 6.07) is 0. The second-order valence-corrected chi connectivity index (χ2v) is 3.42. The number of rotatable bonds is 5. The van der Waals surface area contributed by atoms with E-state index in [1.807, 2.05) is 6.92 Å². The highest BCUT2D eigenvalue weighted by Crippen LogP contribution is 2.28. The molecule has 0 aromatic heterocycles. The van der Waals surface area contributed by atoms with Crippen LogP contribution in [0.2, 0.25) is 0 Å². The van der Waals surface area contributed by atoms with Gasteiger partial charge in [-0.3, -0.25) is 4.79 Å². The van der Waals surface area contributed by atoms with E-state index in [9.17, 15) is 9.90 Å². The molecule has 70 valence electrons. The van der Waals surface area contributed by atoms with Gasteiger partial charge in [-0.15, -0.1) is 0 Å². The average Bonchev–Trinajstić information content (AvgIpc) is 2.86. The highest BCUT2D eigenvalue weighted by atomic mass is 16.3. The van der Waals surface area contributed by atoms with Crippen LogP contribution in [0.15, 0.2) is 0 Å². The lowest BCUT2D eigenvalue weighted by Crippen LogP contribution is -2.28. The molecule has 1 unspecified atom stereocenters. The molecular formula is C9H17NO2. The molecule has 1 atom stereocenters. The average molecular weight is 171 g/mol. The number of amides is 1. The van der Waals surface area contributed by atoms with E-state index < -0.39 is 0 Å². The van der Waals surface area contributed by atoms with Gasteiger partial charge in [-0.05, 0) is 25.7 Å². The summed E-state index contributed by atoms with van der Waals surface area (Å²) in [5, 5.41) is 12.0. The molecule has 0 aliphatic heterocycles. The first-order valence-electron chi connectivity index (χ1n) is 4.69. The Labute approximate surface area is 73.2 Å². The molecule has 3 nitrogen and oxygen atoms in total. The summed E-state index contributed by atoms with van der Waals surface area (Å²) in [6.07, 6.45) is 3.27. The number of carbonyl (C=O) groups excluding carboxylic acids is 1. The minimum atomic E-state index is -0.260. The highest BCUT2D eigenvalue weighted by Gasteiger charge is 2.29. The van der Waals surface area contributed by atoms with Crippen LogP contribution in [0.3, 0.4) is 0 Å². The maximum absolute atomic E-state index is 11.1. The third kappa shape index (κ3) is 3.22. The number of nitrogens with one attached hydrogen (secondary N) is 1. The molecule has 1 rings (SSSR count). The molecule has 1 aliphatic rings. The van der Waals surface area contributed by atoms with Crippen LogP contribution < -0.4 is 5.32 Å². The molecule has 12 heavy (non-hydrogen) atoms. The molecule has 0 radical (unpaired) electrons. The molecular weight excluding hydrogens is 154 g/mol. The molecule has 0 bridgehead atoms. The molecule has 0 saturated heterocycles. The van der Waals surface area contributed by atoms with Gasteiger partial charge in [0, 0.05) is 12.5 Å². The van der Waals surface area contributed by atoms with Crippen molar-refractivity contribution in [3.8, 4) is 0 Å². The quantitative estimate of drug-likeness (QED) is 0.639. The normalized spacial score (nSPS) is 18.8. The SMILES string of the molecule is CCC(O)CCNC(=O)C1CC1. The van der Waals surface area contributed by atoms with Gasteiger partial charge < -0.3 is 10.4 Å². The van der Waals surface area contributed by atoms with Crippen LogP contribution in [0.25, 0.3) is 0 Å². The van der Waals surface area contributed by atoms with Crippen molar-refractivity contribution in [2.24, 2.45) is 5.92 Å². The third-order valence-electron chi connectivity index (χ3n) is 2.20. The molecule has 2 N–H and O–H groups in total. The van der Waals surface area contributed by atoms with E-state index in [0.29, 0.717) is 13.0 Å². The van der Waals surface area contributed by atoms with Gasteiger partial charge in [-0.2, -0.15) is 0 Å². The summed E-state index contributed by atoms with van der Waals surface area (Å²) >= 11 is 0. The van der Waals surface area contributed by atoms with Gasteiger partial charge in [0.25, 0.3) is 0 Å².